The second kappa shape index (κ2) is 7.74. The summed E-state index contributed by atoms with van der Waals surface area (Å²) in [4.78, 5) is 1.24. The fourth-order valence-electron chi connectivity index (χ4n) is 1.93. The second-order valence-corrected chi connectivity index (χ2v) is 5.53. The highest BCUT2D eigenvalue weighted by Crippen LogP contribution is 2.25. The van der Waals surface area contributed by atoms with E-state index in [1.165, 1.54) is 10.5 Å². The van der Waals surface area contributed by atoms with Crippen LogP contribution < -0.4 is 5.32 Å². The van der Waals surface area contributed by atoms with Crippen molar-refractivity contribution in [1.82, 2.24) is 5.32 Å². The molecule has 0 heterocycles. The smallest absolute Gasteiger partial charge is 0.0994 e. The van der Waals surface area contributed by atoms with E-state index in [0.29, 0.717) is 0 Å². The van der Waals surface area contributed by atoms with Gasteiger partial charge in [0.2, 0.25) is 0 Å². The SMILES string of the molecule is CCNCc1cccc(SCc2ccccc2C#N)c1. The van der Waals surface area contributed by atoms with Gasteiger partial charge in [0.1, 0.15) is 0 Å². The van der Waals surface area contributed by atoms with E-state index >= 15 is 0 Å². The molecule has 102 valence electrons. The Balaban J connectivity index is 2.02. The minimum absolute atomic E-state index is 0.767. The molecule has 0 spiro atoms. The lowest BCUT2D eigenvalue weighted by Gasteiger charge is -2.07. The van der Waals surface area contributed by atoms with Gasteiger partial charge in [-0.2, -0.15) is 5.26 Å². The first-order valence-electron chi connectivity index (χ1n) is 6.74. The Kier molecular flexibility index (Phi) is 5.67. The van der Waals surface area contributed by atoms with Crippen LogP contribution in [0, 0.1) is 11.3 Å². The Hall–Kier alpha value is -1.76. The summed E-state index contributed by atoms with van der Waals surface area (Å²) >= 11 is 1.77. The summed E-state index contributed by atoms with van der Waals surface area (Å²) in [6.45, 7) is 3.99. The topological polar surface area (TPSA) is 35.8 Å². The molecule has 0 aliphatic carbocycles. The van der Waals surface area contributed by atoms with Crippen LogP contribution in [0.2, 0.25) is 0 Å². The van der Waals surface area contributed by atoms with Gasteiger partial charge in [-0.1, -0.05) is 37.3 Å². The molecule has 0 bridgehead atoms. The van der Waals surface area contributed by atoms with E-state index in [9.17, 15) is 0 Å². The van der Waals surface area contributed by atoms with Crippen LogP contribution in [-0.2, 0) is 12.3 Å². The molecule has 2 nitrogen and oxygen atoms in total. The average Bonchev–Trinajstić information content (AvgIpc) is 2.51. The maximum absolute atomic E-state index is 9.09. The molecule has 0 aliphatic heterocycles. The van der Waals surface area contributed by atoms with Crippen LogP contribution >= 0.6 is 11.8 Å². The molecular weight excluding hydrogens is 264 g/mol. The molecule has 0 atom stereocenters. The molecule has 0 unspecified atom stereocenters. The van der Waals surface area contributed by atoms with Gasteiger partial charge in [-0.05, 0) is 35.9 Å². The predicted octanol–water partition coefficient (Wildman–Crippen LogP) is 3.96. The first-order chi connectivity index (χ1) is 9.83. The van der Waals surface area contributed by atoms with Crippen LogP contribution in [0.3, 0.4) is 0 Å². The number of hydrogen-bond donors (Lipinski definition) is 1. The number of benzene rings is 2. The lowest BCUT2D eigenvalue weighted by molar-refractivity contribution is 0.725. The Labute approximate surface area is 124 Å². The molecule has 0 amide bonds. The van der Waals surface area contributed by atoms with Crippen LogP contribution in [0.5, 0.6) is 0 Å². The lowest BCUT2D eigenvalue weighted by atomic mass is 10.1. The lowest BCUT2D eigenvalue weighted by Crippen LogP contribution is -2.11. The summed E-state index contributed by atoms with van der Waals surface area (Å²) in [5, 5.41) is 12.4. The molecule has 2 rings (SSSR count). The van der Waals surface area contributed by atoms with Crippen LogP contribution in [0.4, 0.5) is 0 Å². The minimum atomic E-state index is 0.767. The first-order valence-corrected chi connectivity index (χ1v) is 7.72. The van der Waals surface area contributed by atoms with Gasteiger partial charge >= 0.3 is 0 Å². The van der Waals surface area contributed by atoms with Gasteiger partial charge in [0.15, 0.2) is 0 Å². The van der Waals surface area contributed by atoms with Crippen molar-refractivity contribution in [1.29, 1.82) is 5.26 Å². The van der Waals surface area contributed by atoms with Crippen molar-refractivity contribution in [3.05, 3.63) is 65.2 Å². The zero-order chi connectivity index (χ0) is 14.2. The van der Waals surface area contributed by atoms with Crippen molar-refractivity contribution in [2.24, 2.45) is 0 Å². The molecule has 1 N–H and O–H groups in total. The third-order valence-electron chi connectivity index (χ3n) is 3.01. The summed E-state index contributed by atoms with van der Waals surface area (Å²) in [5.74, 6) is 0.828. The molecule has 0 fully saturated rings. The number of nitriles is 1. The molecule has 0 saturated carbocycles. The number of nitrogens with zero attached hydrogens (tertiary/aromatic N) is 1. The van der Waals surface area contributed by atoms with Crippen molar-refractivity contribution >= 4 is 11.8 Å². The summed E-state index contributed by atoms with van der Waals surface area (Å²) < 4.78 is 0. The normalized spacial score (nSPS) is 10.2. The largest absolute Gasteiger partial charge is 0.313 e. The fraction of sp³-hybridized carbons (Fsp3) is 0.235. The molecule has 3 heteroatoms. The average molecular weight is 282 g/mol. The summed E-state index contributed by atoms with van der Waals surface area (Å²) in [7, 11) is 0. The maximum atomic E-state index is 9.09. The summed E-state index contributed by atoms with van der Waals surface area (Å²) in [6.07, 6.45) is 0. The summed E-state index contributed by atoms with van der Waals surface area (Å²) in [6, 6.07) is 18.6. The van der Waals surface area contributed by atoms with E-state index in [2.05, 4.69) is 42.6 Å². The van der Waals surface area contributed by atoms with Gasteiger partial charge in [0, 0.05) is 17.2 Å². The quantitative estimate of drug-likeness (QED) is 0.815. The van der Waals surface area contributed by atoms with Crippen LogP contribution in [0.25, 0.3) is 0 Å². The Bertz CT molecular complexity index is 602. The first kappa shape index (κ1) is 14.6. The standard InChI is InChI=1S/C17H18N2S/c1-2-19-12-14-6-5-9-17(10-14)20-13-16-8-4-3-7-15(16)11-18/h3-10,19H,2,12-13H2,1H3. The van der Waals surface area contributed by atoms with Crippen LogP contribution in [0.1, 0.15) is 23.6 Å². The maximum Gasteiger partial charge on any atom is 0.0994 e. The van der Waals surface area contributed by atoms with Crippen molar-refractivity contribution in [2.45, 2.75) is 24.1 Å². The molecule has 0 radical (unpaired) electrons. The van der Waals surface area contributed by atoms with E-state index < -0.39 is 0 Å². The Morgan fingerprint density at radius 3 is 2.80 bits per heavy atom. The molecule has 0 saturated heterocycles. The third kappa shape index (κ3) is 4.12. The highest BCUT2D eigenvalue weighted by molar-refractivity contribution is 7.98. The van der Waals surface area contributed by atoms with Gasteiger partial charge in [0.25, 0.3) is 0 Å². The van der Waals surface area contributed by atoms with Gasteiger partial charge < -0.3 is 5.32 Å². The minimum Gasteiger partial charge on any atom is -0.313 e. The van der Waals surface area contributed by atoms with E-state index in [-0.39, 0.29) is 0 Å². The zero-order valence-corrected chi connectivity index (χ0v) is 12.4. The molecule has 2 aromatic rings. The third-order valence-corrected chi connectivity index (χ3v) is 4.05. The molecule has 0 aromatic heterocycles. The van der Waals surface area contributed by atoms with E-state index in [1.807, 2.05) is 24.3 Å². The number of thioether (sulfide) groups is 1. The number of rotatable bonds is 6. The number of hydrogen-bond acceptors (Lipinski definition) is 3. The zero-order valence-electron chi connectivity index (χ0n) is 11.6. The van der Waals surface area contributed by atoms with E-state index in [4.69, 9.17) is 5.26 Å². The molecule has 20 heavy (non-hydrogen) atoms. The van der Waals surface area contributed by atoms with Crippen molar-refractivity contribution < 1.29 is 0 Å². The fourth-order valence-corrected chi connectivity index (χ4v) is 2.91. The highest BCUT2D eigenvalue weighted by atomic mass is 32.2. The van der Waals surface area contributed by atoms with Crippen molar-refractivity contribution in [2.75, 3.05) is 6.54 Å². The molecular formula is C17H18N2S. The van der Waals surface area contributed by atoms with Crippen LogP contribution in [-0.4, -0.2) is 6.54 Å². The molecule has 0 aliphatic rings. The summed E-state index contributed by atoms with van der Waals surface area (Å²) in [5.41, 5.74) is 3.16. The highest BCUT2D eigenvalue weighted by Gasteiger charge is 2.02. The van der Waals surface area contributed by atoms with E-state index in [0.717, 1.165) is 30.0 Å². The monoisotopic (exact) mass is 282 g/mol. The Morgan fingerprint density at radius 1 is 1.15 bits per heavy atom. The van der Waals surface area contributed by atoms with Crippen LogP contribution in [0.15, 0.2) is 53.4 Å². The van der Waals surface area contributed by atoms with Crippen molar-refractivity contribution in [3.63, 3.8) is 0 Å². The van der Waals surface area contributed by atoms with E-state index in [1.54, 1.807) is 11.8 Å². The predicted molar refractivity (Wildman–Crippen MR) is 84.5 cm³/mol. The van der Waals surface area contributed by atoms with Gasteiger partial charge in [-0.3, -0.25) is 0 Å². The molecule has 2 aromatic carbocycles. The van der Waals surface area contributed by atoms with Crippen molar-refractivity contribution in [3.8, 4) is 6.07 Å². The second-order valence-electron chi connectivity index (χ2n) is 4.49. The van der Waals surface area contributed by atoms with Gasteiger partial charge in [-0.25, -0.2) is 0 Å². The van der Waals surface area contributed by atoms with Gasteiger partial charge in [-0.15, -0.1) is 11.8 Å². The number of nitrogens with one attached hydrogen (secondary N) is 1. The Morgan fingerprint density at radius 2 is 2.00 bits per heavy atom. The van der Waals surface area contributed by atoms with Gasteiger partial charge in [0.05, 0.1) is 11.6 Å².